The maximum absolute atomic E-state index is 10.8. The zero-order valence-electron chi connectivity index (χ0n) is 14.6. The van der Waals surface area contributed by atoms with Crippen molar-refractivity contribution in [3.05, 3.63) is 42.7 Å². The Bertz CT molecular complexity index is 720. The molecule has 3 heterocycles. The molecule has 1 aromatic heterocycles. The highest BCUT2D eigenvalue weighted by Crippen LogP contribution is 2.37. The van der Waals surface area contributed by atoms with E-state index in [0.29, 0.717) is 19.6 Å². The Hall–Kier alpha value is -1.98. The summed E-state index contributed by atoms with van der Waals surface area (Å²) in [5.41, 5.74) is 1.27. The Kier molecular flexibility index (Phi) is 4.44. The standard InChI is InChI=1S/C20H25N3O2/c1-20(24)9-11-25-14-16(20)18-8-5-10-23(18)19-13-21-12-17(22-19)15-6-3-2-4-7-15/h2-4,6-7,12-13,16,18,24H,5,8-11,14H2,1H3. The maximum atomic E-state index is 10.8. The van der Waals surface area contributed by atoms with Crippen LogP contribution in [0.25, 0.3) is 11.3 Å². The van der Waals surface area contributed by atoms with E-state index in [4.69, 9.17) is 9.72 Å². The SMILES string of the molecule is CC1(O)CCOCC1C1CCCN1c1cncc(-c2ccccc2)n1. The predicted octanol–water partition coefficient (Wildman–Crippen LogP) is 2.90. The largest absolute Gasteiger partial charge is 0.390 e. The second-order valence-electron chi connectivity index (χ2n) is 7.32. The van der Waals surface area contributed by atoms with Gasteiger partial charge in [0, 0.05) is 30.7 Å². The molecule has 0 bridgehead atoms. The Balaban J connectivity index is 1.62. The molecule has 2 aromatic rings. The van der Waals surface area contributed by atoms with Crippen LogP contribution in [-0.4, -0.2) is 46.5 Å². The number of anilines is 1. The number of hydrogen-bond donors (Lipinski definition) is 1. The summed E-state index contributed by atoms with van der Waals surface area (Å²) in [5, 5.41) is 10.8. The van der Waals surface area contributed by atoms with Gasteiger partial charge >= 0.3 is 0 Å². The van der Waals surface area contributed by atoms with Crippen LogP contribution in [0.15, 0.2) is 42.7 Å². The molecule has 3 atom stereocenters. The molecule has 1 N–H and O–H groups in total. The number of nitrogens with zero attached hydrogens (tertiary/aromatic N) is 3. The summed E-state index contributed by atoms with van der Waals surface area (Å²) in [5.74, 6) is 0.996. The summed E-state index contributed by atoms with van der Waals surface area (Å²) >= 11 is 0. The third-order valence-electron chi connectivity index (χ3n) is 5.60. The molecule has 1 aromatic carbocycles. The number of aliphatic hydroxyl groups is 1. The van der Waals surface area contributed by atoms with Crippen LogP contribution in [-0.2, 0) is 4.74 Å². The fourth-order valence-electron chi connectivity index (χ4n) is 4.12. The normalized spacial score (nSPS) is 29.8. The van der Waals surface area contributed by atoms with Crippen LogP contribution < -0.4 is 4.90 Å². The highest BCUT2D eigenvalue weighted by Gasteiger charge is 2.44. The summed E-state index contributed by atoms with van der Waals surface area (Å²) in [6.07, 6.45) is 6.50. The first-order chi connectivity index (χ1) is 12.1. The second-order valence-corrected chi connectivity index (χ2v) is 7.32. The first kappa shape index (κ1) is 16.5. The molecule has 2 aliphatic heterocycles. The Morgan fingerprint density at radius 3 is 2.88 bits per heavy atom. The molecule has 5 heteroatoms. The molecule has 0 aliphatic carbocycles. The average molecular weight is 339 g/mol. The Labute approximate surface area is 148 Å². The minimum atomic E-state index is -0.685. The van der Waals surface area contributed by atoms with Crippen molar-refractivity contribution in [3.8, 4) is 11.3 Å². The van der Waals surface area contributed by atoms with E-state index >= 15 is 0 Å². The summed E-state index contributed by atoms with van der Waals surface area (Å²) in [6, 6.07) is 10.4. The van der Waals surface area contributed by atoms with Crippen LogP contribution in [0.5, 0.6) is 0 Å². The third-order valence-corrected chi connectivity index (χ3v) is 5.60. The van der Waals surface area contributed by atoms with Crippen molar-refractivity contribution >= 4 is 5.82 Å². The van der Waals surface area contributed by atoms with Crippen molar-refractivity contribution in [2.75, 3.05) is 24.7 Å². The predicted molar refractivity (Wildman–Crippen MR) is 97.4 cm³/mol. The van der Waals surface area contributed by atoms with Crippen molar-refractivity contribution in [2.24, 2.45) is 5.92 Å². The Morgan fingerprint density at radius 2 is 2.08 bits per heavy atom. The summed E-state index contributed by atoms with van der Waals surface area (Å²) in [4.78, 5) is 11.6. The van der Waals surface area contributed by atoms with Gasteiger partial charge < -0.3 is 14.7 Å². The van der Waals surface area contributed by atoms with Crippen LogP contribution >= 0.6 is 0 Å². The van der Waals surface area contributed by atoms with Gasteiger partial charge in [0.2, 0.25) is 0 Å². The van der Waals surface area contributed by atoms with E-state index < -0.39 is 5.60 Å². The van der Waals surface area contributed by atoms with Gasteiger partial charge in [-0.05, 0) is 26.2 Å². The van der Waals surface area contributed by atoms with E-state index in [-0.39, 0.29) is 12.0 Å². The summed E-state index contributed by atoms with van der Waals surface area (Å²) in [6.45, 7) is 4.15. The van der Waals surface area contributed by atoms with E-state index in [1.54, 1.807) is 0 Å². The molecule has 25 heavy (non-hydrogen) atoms. The molecule has 0 amide bonds. The molecule has 2 saturated heterocycles. The van der Waals surface area contributed by atoms with Crippen molar-refractivity contribution in [1.82, 2.24) is 9.97 Å². The smallest absolute Gasteiger partial charge is 0.148 e. The topological polar surface area (TPSA) is 58.5 Å². The molecule has 0 saturated carbocycles. The van der Waals surface area contributed by atoms with E-state index in [2.05, 4.69) is 22.0 Å². The number of rotatable bonds is 3. The number of hydrogen-bond acceptors (Lipinski definition) is 5. The van der Waals surface area contributed by atoms with Gasteiger partial charge in [0.1, 0.15) is 5.82 Å². The van der Waals surface area contributed by atoms with E-state index in [1.165, 1.54) is 0 Å². The van der Waals surface area contributed by atoms with Crippen LogP contribution in [0.4, 0.5) is 5.82 Å². The first-order valence-corrected chi connectivity index (χ1v) is 9.09. The first-order valence-electron chi connectivity index (χ1n) is 9.09. The number of benzene rings is 1. The lowest BCUT2D eigenvalue weighted by Gasteiger charge is -2.43. The van der Waals surface area contributed by atoms with Gasteiger partial charge in [0.15, 0.2) is 0 Å². The molecule has 0 spiro atoms. The van der Waals surface area contributed by atoms with Gasteiger partial charge in [-0.1, -0.05) is 30.3 Å². The molecule has 0 radical (unpaired) electrons. The molecular weight excluding hydrogens is 314 g/mol. The van der Waals surface area contributed by atoms with Gasteiger partial charge in [-0.15, -0.1) is 0 Å². The lowest BCUT2D eigenvalue weighted by atomic mass is 9.79. The monoisotopic (exact) mass is 339 g/mol. The molecule has 2 fully saturated rings. The highest BCUT2D eigenvalue weighted by atomic mass is 16.5. The number of aromatic nitrogens is 2. The van der Waals surface area contributed by atoms with Crippen molar-refractivity contribution < 1.29 is 9.84 Å². The van der Waals surface area contributed by atoms with Crippen LogP contribution in [0.1, 0.15) is 26.2 Å². The number of ether oxygens (including phenoxy) is 1. The Morgan fingerprint density at radius 1 is 1.24 bits per heavy atom. The quantitative estimate of drug-likeness (QED) is 0.932. The van der Waals surface area contributed by atoms with Crippen molar-refractivity contribution in [3.63, 3.8) is 0 Å². The molecule has 4 rings (SSSR count). The summed E-state index contributed by atoms with van der Waals surface area (Å²) in [7, 11) is 0. The van der Waals surface area contributed by atoms with Crippen LogP contribution in [0.3, 0.4) is 0 Å². The zero-order chi connectivity index (χ0) is 17.3. The second kappa shape index (κ2) is 6.73. The highest BCUT2D eigenvalue weighted by molar-refractivity contribution is 5.60. The van der Waals surface area contributed by atoms with Crippen molar-refractivity contribution in [2.45, 2.75) is 37.8 Å². The van der Waals surface area contributed by atoms with E-state index in [9.17, 15) is 5.11 Å². The van der Waals surface area contributed by atoms with Crippen molar-refractivity contribution in [1.29, 1.82) is 0 Å². The van der Waals surface area contributed by atoms with E-state index in [0.717, 1.165) is 36.5 Å². The van der Waals surface area contributed by atoms with Gasteiger partial charge in [-0.25, -0.2) is 4.98 Å². The van der Waals surface area contributed by atoms with Crippen LogP contribution in [0, 0.1) is 5.92 Å². The third kappa shape index (κ3) is 3.26. The fourth-order valence-corrected chi connectivity index (χ4v) is 4.12. The fraction of sp³-hybridized carbons (Fsp3) is 0.500. The lowest BCUT2D eigenvalue weighted by Crippen LogP contribution is -2.52. The van der Waals surface area contributed by atoms with Gasteiger partial charge in [0.05, 0.1) is 30.3 Å². The molecule has 3 unspecified atom stereocenters. The minimum Gasteiger partial charge on any atom is -0.390 e. The van der Waals surface area contributed by atoms with Gasteiger partial charge in [0.25, 0.3) is 0 Å². The average Bonchev–Trinajstić information content (AvgIpc) is 3.11. The van der Waals surface area contributed by atoms with Gasteiger partial charge in [-0.2, -0.15) is 0 Å². The molecule has 5 nitrogen and oxygen atoms in total. The molecule has 132 valence electrons. The van der Waals surface area contributed by atoms with E-state index in [1.807, 2.05) is 37.5 Å². The maximum Gasteiger partial charge on any atom is 0.148 e. The van der Waals surface area contributed by atoms with Gasteiger partial charge in [-0.3, -0.25) is 4.98 Å². The molecule has 2 aliphatic rings. The zero-order valence-corrected chi connectivity index (χ0v) is 14.6. The molecular formula is C20H25N3O2. The minimum absolute atomic E-state index is 0.103. The van der Waals surface area contributed by atoms with Crippen LogP contribution in [0.2, 0.25) is 0 Å². The lowest BCUT2D eigenvalue weighted by molar-refractivity contribution is -0.108. The summed E-state index contributed by atoms with van der Waals surface area (Å²) < 4.78 is 5.68.